The summed E-state index contributed by atoms with van der Waals surface area (Å²) in [6.45, 7) is 1.93. The van der Waals surface area contributed by atoms with Gasteiger partial charge >= 0.3 is 0 Å². The van der Waals surface area contributed by atoms with E-state index in [-0.39, 0.29) is 11.9 Å². The van der Waals surface area contributed by atoms with E-state index in [1.165, 1.54) is 12.1 Å². The van der Waals surface area contributed by atoms with Crippen LogP contribution in [0.1, 0.15) is 22.3 Å². The van der Waals surface area contributed by atoms with Gasteiger partial charge < -0.3 is 0 Å². The SMILES string of the molecule is Cc1nc(CC(NN)c2cc(Cl)ccc2F)cs1. The summed E-state index contributed by atoms with van der Waals surface area (Å²) in [5.74, 6) is 5.17. The minimum Gasteiger partial charge on any atom is -0.271 e. The Morgan fingerprint density at radius 2 is 2.33 bits per heavy atom. The largest absolute Gasteiger partial charge is 0.271 e. The lowest BCUT2D eigenvalue weighted by atomic mass is 10.0. The van der Waals surface area contributed by atoms with Crippen molar-refractivity contribution in [2.75, 3.05) is 0 Å². The summed E-state index contributed by atoms with van der Waals surface area (Å²) in [6, 6.07) is 4.10. The van der Waals surface area contributed by atoms with Crippen LogP contribution in [0.4, 0.5) is 4.39 Å². The van der Waals surface area contributed by atoms with E-state index in [4.69, 9.17) is 17.4 Å². The third-order valence-corrected chi connectivity index (χ3v) is 3.67. The van der Waals surface area contributed by atoms with Crippen LogP contribution in [0, 0.1) is 12.7 Å². The second kappa shape index (κ2) is 5.75. The van der Waals surface area contributed by atoms with E-state index in [0.717, 1.165) is 10.7 Å². The second-order valence-electron chi connectivity index (χ2n) is 3.95. The summed E-state index contributed by atoms with van der Waals surface area (Å²) in [6.07, 6.45) is 0.526. The van der Waals surface area contributed by atoms with Gasteiger partial charge in [0.05, 0.1) is 16.7 Å². The molecule has 0 aliphatic heterocycles. The molecule has 0 aliphatic carbocycles. The van der Waals surface area contributed by atoms with Crippen LogP contribution in [0.2, 0.25) is 5.02 Å². The zero-order valence-electron chi connectivity index (χ0n) is 9.78. The first-order chi connectivity index (χ1) is 8.60. The molecule has 2 aromatic rings. The predicted molar refractivity (Wildman–Crippen MR) is 72.0 cm³/mol. The summed E-state index contributed by atoms with van der Waals surface area (Å²) in [7, 11) is 0. The number of hydrazine groups is 1. The highest BCUT2D eigenvalue weighted by Crippen LogP contribution is 2.24. The molecule has 96 valence electrons. The molecule has 0 amide bonds. The highest BCUT2D eigenvalue weighted by molar-refractivity contribution is 7.09. The van der Waals surface area contributed by atoms with Crippen LogP contribution in [0.15, 0.2) is 23.6 Å². The molecule has 0 spiro atoms. The summed E-state index contributed by atoms with van der Waals surface area (Å²) in [5.41, 5.74) is 3.95. The Labute approximate surface area is 114 Å². The van der Waals surface area contributed by atoms with Gasteiger partial charge in [0, 0.05) is 22.4 Å². The number of benzene rings is 1. The van der Waals surface area contributed by atoms with E-state index in [2.05, 4.69) is 10.4 Å². The van der Waals surface area contributed by atoms with Crippen molar-refractivity contribution in [1.82, 2.24) is 10.4 Å². The Morgan fingerprint density at radius 1 is 1.56 bits per heavy atom. The van der Waals surface area contributed by atoms with Gasteiger partial charge in [0.1, 0.15) is 5.82 Å². The molecule has 1 aromatic heterocycles. The fourth-order valence-corrected chi connectivity index (χ4v) is 2.56. The van der Waals surface area contributed by atoms with Crippen molar-refractivity contribution < 1.29 is 4.39 Å². The van der Waals surface area contributed by atoms with Crippen LogP contribution < -0.4 is 11.3 Å². The Balaban J connectivity index is 2.25. The summed E-state index contributed by atoms with van der Waals surface area (Å²) < 4.78 is 13.7. The van der Waals surface area contributed by atoms with Crippen molar-refractivity contribution in [2.24, 2.45) is 5.84 Å². The van der Waals surface area contributed by atoms with Gasteiger partial charge in [-0.1, -0.05) is 11.6 Å². The molecule has 0 saturated heterocycles. The van der Waals surface area contributed by atoms with Crippen molar-refractivity contribution in [3.8, 4) is 0 Å². The normalized spacial score (nSPS) is 12.7. The monoisotopic (exact) mass is 285 g/mol. The first-order valence-corrected chi connectivity index (χ1v) is 6.68. The molecule has 1 aromatic carbocycles. The highest BCUT2D eigenvalue weighted by Gasteiger charge is 2.16. The van der Waals surface area contributed by atoms with Crippen LogP contribution in [0.25, 0.3) is 0 Å². The van der Waals surface area contributed by atoms with Crippen LogP contribution >= 0.6 is 22.9 Å². The number of thiazole rings is 1. The smallest absolute Gasteiger partial charge is 0.128 e. The Kier molecular flexibility index (Phi) is 4.29. The number of aromatic nitrogens is 1. The molecule has 6 heteroatoms. The second-order valence-corrected chi connectivity index (χ2v) is 5.45. The number of nitrogens with two attached hydrogens (primary N) is 1. The number of halogens is 2. The quantitative estimate of drug-likeness (QED) is 0.671. The number of hydrogen-bond donors (Lipinski definition) is 2. The molecule has 0 radical (unpaired) electrons. The molecule has 1 heterocycles. The Morgan fingerprint density at radius 3 is 2.94 bits per heavy atom. The van der Waals surface area contributed by atoms with Gasteiger partial charge in [-0.15, -0.1) is 11.3 Å². The number of nitrogens with zero attached hydrogens (tertiary/aromatic N) is 1. The van der Waals surface area contributed by atoms with Gasteiger partial charge in [-0.25, -0.2) is 9.37 Å². The van der Waals surface area contributed by atoms with Gasteiger partial charge in [0.15, 0.2) is 0 Å². The topological polar surface area (TPSA) is 50.9 Å². The van der Waals surface area contributed by atoms with Gasteiger partial charge in [-0.3, -0.25) is 11.3 Å². The molecule has 3 nitrogen and oxygen atoms in total. The van der Waals surface area contributed by atoms with Crippen molar-refractivity contribution in [1.29, 1.82) is 0 Å². The van der Waals surface area contributed by atoms with Gasteiger partial charge in [0.25, 0.3) is 0 Å². The van der Waals surface area contributed by atoms with E-state index >= 15 is 0 Å². The third kappa shape index (κ3) is 3.05. The number of hydrogen-bond acceptors (Lipinski definition) is 4. The average molecular weight is 286 g/mol. The van der Waals surface area contributed by atoms with Crippen LogP contribution in [-0.4, -0.2) is 4.98 Å². The van der Waals surface area contributed by atoms with Crippen LogP contribution in [-0.2, 0) is 6.42 Å². The van der Waals surface area contributed by atoms with Crippen LogP contribution in [0.5, 0.6) is 0 Å². The standard InChI is InChI=1S/C12H13ClFN3S/c1-7-16-9(6-18-7)5-12(17-15)10-4-8(13)2-3-11(10)14/h2-4,6,12,17H,5,15H2,1H3. The maximum atomic E-state index is 13.7. The Bertz CT molecular complexity index is 544. The number of nitrogens with one attached hydrogen (secondary N) is 1. The summed E-state index contributed by atoms with van der Waals surface area (Å²) >= 11 is 7.44. The molecule has 0 aliphatic rings. The molecule has 3 N–H and O–H groups in total. The van der Waals surface area contributed by atoms with Gasteiger partial charge in [-0.05, 0) is 25.1 Å². The van der Waals surface area contributed by atoms with Crippen molar-refractivity contribution in [2.45, 2.75) is 19.4 Å². The molecule has 1 unspecified atom stereocenters. The lowest BCUT2D eigenvalue weighted by Gasteiger charge is -2.16. The van der Waals surface area contributed by atoms with Gasteiger partial charge in [-0.2, -0.15) is 0 Å². The minimum atomic E-state index is -0.342. The van der Waals surface area contributed by atoms with Crippen molar-refractivity contribution >= 4 is 22.9 Å². The molecule has 2 rings (SSSR count). The molecule has 0 fully saturated rings. The van der Waals surface area contributed by atoms with E-state index in [1.807, 2.05) is 12.3 Å². The lowest BCUT2D eigenvalue weighted by molar-refractivity contribution is 0.507. The van der Waals surface area contributed by atoms with Gasteiger partial charge in [0.2, 0.25) is 0 Å². The number of rotatable bonds is 4. The summed E-state index contributed by atoms with van der Waals surface area (Å²) in [4.78, 5) is 4.34. The fourth-order valence-electron chi connectivity index (χ4n) is 1.75. The third-order valence-electron chi connectivity index (χ3n) is 2.61. The maximum absolute atomic E-state index is 13.7. The molecule has 18 heavy (non-hydrogen) atoms. The molecule has 1 atom stereocenters. The fraction of sp³-hybridized carbons (Fsp3) is 0.250. The lowest BCUT2D eigenvalue weighted by Crippen LogP contribution is -2.30. The first kappa shape index (κ1) is 13.4. The first-order valence-electron chi connectivity index (χ1n) is 5.42. The maximum Gasteiger partial charge on any atom is 0.128 e. The number of aryl methyl sites for hydroxylation is 1. The predicted octanol–water partition coefficient (Wildman–Crippen LogP) is 2.99. The average Bonchev–Trinajstić information content (AvgIpc) is 2.75. The summed E-state index contributed by atoms with van der Waals surface area (Å²) in [5, 5.41) is 3.41. The van der Waals surface area contributed by atoms with Crippen LogP contribution in [0.3, 0.4) is 0 Å². The van der Waals surface area contributed by atoms with Crippen molar-refractivity contribution in [3.05, 3.63) is 50.7 Å². The Hall–Kier alpha value is -1.01. The molecule has 0 saturated carbocycles. The zero-order chi connectivity index (χ0) is 13.1. The zero-order valence-corrected chi connectivity index (χ0v) is 11.4. The van der Waals surface area contributed by atoms with E-state index in [1.54, 1.807) is 17.4 Å². The molecular formula is C12H13ClFN3S. The van der Waals surface area contributed by atoms with Crippen molar-refractivity contribution in [3.63, 3.8) is 0 Å². The van der Waals surface area contributed by atoms with E-state index < -0.39 is 0 Å². The van der Waals surface area contributed by atoms with E-state index in [9.17, 15) is 4.39 Å². The molecular weight excluding hydrogens is 273 g/mol. The minimum absolute atomic E-state index is 0.325. The highest BCUT2D eigenvalue weighted by atomic mass is 35.5. The van der Waals surface area contributed by atoms with E-state index in [0.29, 0.717) is 17.0 Å². The molecule has 0 bridgehead atoms.